The van der Waals surface area contributed by atoms with E-state index >= 15 is 0 Å². The van der Waals surface area contributed by atoms with E-state index in [1.165, 1.54) is 30.3 Å². The minimum absolute atomic E-state index is 0.0660. The topological polar surface area (TPSA) is 62.5 Å². The molecule has 0 saturated heterocycles. The predicted octanol–water partition coefficient (Wildman–Crippen LogP) is 7.32. The molecule has 0 fully saturated rings. The van der Waals surface area contributed by atoms with Gasteiger partial charge < -0.3 is 15.0 Å². The molecule has 0 aliphatic rings. The molecular weight excluding hydrogens is 398 g/mol. The molecule has 0 saturated carbocycles. The molecule has 0 unspecified atom stereocenters. The van der Waals surface area contributed by atoms with Crippen molar-refractivity contribution < 1.29 is 15.0 Å². The lowest BCUT2D eigenvalue weighted by Crippen LogP contribution is -2.27. The zero-order valence-electron chi connectivity index (χ0n) is 20.9. The van der Waals surface area contributed by atoms with Crippen LogP contribution in [0.15, 0.2) is 30.3 Å². The van der Waals surface area contributed by atoms with Crippen LogP contribution < -0.4 is 0 Å². The lowest BCUT2D eigenvalue weighted by Gasteiger charge is -2.32. The summed E-state index contributed by atoms with van der Waals surface area (Å²) < 4.78 is 1.53. The molecule has 2 aromatic rings. The van der Waals surface area contributed by atoms with Crippen molar-refractivity contribution in [3.8, 4) is 17.4 Å². The van der Waals surface area contributed by atoms with Gasteiger partial charge in [0.25, 0.3) is 0 Å². The van der Waals surface area contributed by atoms with Crippen molar-refractivity contribution in [1.82, 2.24) is 4.57 Å². The van der Waals surface area contributed by atoms with Gasteiger partial charge in [-0.3, -0.25) is 4.57 Å². The first-order valence-corrected chi connectivity index (χ1v) is 12.2. The molecule has 0 amide bonds. The minimum atomic E-state index is -0.389. The molecule has 32 heavy (non-hydrogen) atoms. The number of aromatic nitrogens is 1. The normalized spacial score (nSPS) is 12.5. The SMILES string of the molecule is CCCCC(CCCC)Cc1cc(O)n(-c2ccc(C(C)(C)CC(C)(C)C=O)cc2)c1O. The third-order valence-corrected chi connectivity index (χ3v) is 6.60. The average molecular weight is 442 g/mol. The fraction of sp³-hybridized carbons (Fsp3) is 0.607. The van der Waals surface area contributed by atoms with E-state index in [1.807, 2.05) is 38.1 Å². The Morgan fingerprint density at radius 2 is 1.53 bits per heavy atom. The number of hydrogen-bond donors (Lipinski definition) is 2. The van der Waals surface area contributed by atoms with Gasteiger partial charge >= 0.3 is 0 Å². The quantitative estimate of drug-likeness (QED) is 0.320. The maximum atomic E-state index is 11.4. The highest BCUT2D eigenvalue weighted by molar-refractivity contribution is 5.58. The summed E-state index contributed by atoms with van der Waals surface area (Å²) in [6.07, 6.45) is 9.60. The largest absolute Gasteiger partial charge is 0.494 e. The highest BCUT2D eigenvalue weighted by Crippen LogP contribution is 2.38. The lowest BCUT2D eigenvalue weighted by molar-refractivity contribution is -0.115. The lowest BCUT2D eigenvalue weighted by atomic mass is 9.72. The Balaban J connectivity index is 2.25. The number of aromatic hydroxyl groups is 2. The van der Waals surface area contributed by atoms with Gasteiger partial charge in [0.05, 0.1) is 5.69 Å². The van der Waals surface area contributed by atoms with Gasteiger partial charge in [0.2, 0.25) is 5.88 Å². The van der Waals surface area contributed by atoms with Crippen molar-refractivity contribution >= 4 is 6.29 Å². The van der Waals surface area contributed by atoms with Crippen LogP contribution in [0.25, 0.3) is 5.69 Å². The molecule has 178 valence electrons. The molecule has 2 rings (SSSR count). The van der Waals surface area contributed by atoms with Crippen LogP contribution in [-0.4, -0.2) is 21.1 Å². The average Bonchev–Trinajstić information content (AvgIpc) is 3.02. The number of hydrogen-bond acceptors (Lipinski definition) is 3. The fourth-order valence-electron chi connectivity index (χ4n) is 4.93. The monoisotopic (exact) mass is 441 g/mol. The maximum absolute atomic E-state index is 11.4. The minimum Gasteiger partial charge on any atom is -0.494 e. The highest BCUT2D eigenvalue weighted by Gasteiger charge is 2.30. The molecule has 1 aromatic heterocycles. The van der Waals surface area contributed by atoms with E-state index in [2.05, 4.69) is 27.7 Å². The Hall–Kier alpha value is -2.23. The number of nitrogens with zero attached hydrogens (tertiary/aromatic N) is 1. The number of carbonyl (C=O) groups excluding carboxylic acids is 1. The zero-order chi connectivity index (χ0) is 23.9. The molecule has 0 aliphatic carbocycles. The molecule has 1 aromatic carbocycles. The first kappa shape index (κ1) is 26.0. The summed E-state index contributed by atoms with van der Waals surface area (Å²) in [7, 11) is 0. The zero-order valence-corrected chi connectivity index (χ0v) is 20.9. The first-order valence-electron chi connectivity index (χ1n) is 12.2. The number of carbonyl (C=O) groups is 1. The van der Waals surface area contributed by atoms with E-state index < -0.39 is 0 Å². The Kier molecular flexibility index (Phi) is 9.00. The summed E-state index contributed by atoms with van der Waals surface area (Å²) in [6, 6.07) is 9.63. The standard InChI is InChI=1S/C28H43NO3/c1-7-9-11-21(12-10-8-2)17-22-18-25(31)29(26(22)32)24-15-13-23(14-16-24)28(5,6)19-27(3,4)20-30/h13-16,18,20-21,31-32H,7-12,17,19H2,1-6H3. The van der Waals surface area contributed by atoms with Crippen LogP contribution in [0.5, 0.6) is 11.8 Å². The molecular formula is C28H43NO3. The summed E-state index contributed by atoms with van der Waals surface area (Å²) in [5.41, 5.74) is 2.12. The Morgan fingerprint density at radius 3 is 2.03 bits per heavy atom. The van der Waals surface area contributed by atoms with Gasteiger partial charge in [0.1, 0.15) is 6.29 Å². The molecule has 0 bridgehead atoms. The van der Waals surface area contributed by atoms with Gasteiger partial charge in [0, 0.05) is 17.0 Å². The Labute approximate surface area is 194 Å². The van der Waals surface area contributed by atoms with E-state index in [-0.39, 0.29) is 22.6 Å². The second-order valence-corrected chi connectivity index (χ2v) is 10.8. The summed E-state index contributed by atoms with van der Waals surface area (Å²) in [5.74, 6) is 0.728. The second kappa shape index (κ2) is 11.1. The van der Waals surface area contributed by atoms with Crippen molar-refractivity contribution in [3.63, 3.8) is 0 Å². The summed E-state index contributed by atoms with van der Waals surface area (Å²) in [4.78, 5) is 11.4. The van der Waals surface area contributed by atoms with E-state index in [4.69, 9.17) is 0 Å². The van der Waals surface area contributed by atoms with Crippen molar-refractivity contribution in [3.05, 3.63) is 41.5 Å². The fourth-order valence-corrected chi connectivity index (χ4v) is 4.93. The van der Waals surface area contributed by atoms with Crippen molar-refractivity contribution in [2.75, 3.05) is 0 Å². The van der Waals surface area contributed by atoms with Crippen LogP contribution in [-0.2, 0) is 16.6 Å². The summed E-state index contributed by atoms with van der Waals surface area (Å²) in [5, 5.41) is 21.5. The van der Waals surface area contributed by atoms with Crippen LogP contribution in [0.2, 0.25) is 0 Å². The number of aldehydes is 1. The highest BCUT2D eigenvalue weighted by atomic mass is 16.3. The van der Waals surface area contributed by atoms with Gasteiger partial charge in [-0.25, -0.2) is 0 Å². The molecule has 0 aliphatic heterocycles. The molecule has 0 atom stereocenters. The van der Waals surface area contributed by atoms with Crippen LogP contribution in [0.4, 0.5) is 0 Å². The number of rotatable bonds is 13. The van der Waals surface area contributed by atoms with E-state index in [1.54, 1.807) is 6.07 Å². The van der Waals surface area contributed by atoms with Gasteiger partial charge in [-0.05, 0) is 41.9 Å². The second-order valence-electron chi connectivity index (χ2n) is 10.8. The van der Waals surface area contributed by atoms with Gasteiger partial charge in [-0.1, -0.05) is 92.2 Å². The third kappa shape index (κ3) is 6.63. The van der Waals surface area contributed by atoms with Crippen LogP contribution in [0.3, 0.4) is 0 Å². The van der Waals surface area contributed by atoms with E-state index in [0.717, 1.165) is 48.8 Å². The molecule has 4 heteroatoms. The van der Waals surface area contributed by atoms with E-state index in [9.17, 15) is 15.0 Å². The van der Waals surface area contributed by atoms with E-state index in [0.29, 0.717) is 5.92 Å². The molecule has 0 radical (unpaired) electrons. The Bertz CT molecular complexity index is 854. The third-order valence-electron chi connectivity index (χ3n) is 6.60. The van der Waals surface area contributed by atoms with Crippen molar-refractivity contribution in [2.45, 2.75) is 98.3 Å². The van der Waals surface area contributed by atoms with Gasteiger partial charge in [-0.2, -0.15) is 0 Å². The van der Waals surface area contributed by atoms with Crippen LogP contribution in [0, 0.1) is 11.3 Å². The molecule has 1 heterocycles. The first-order chi connectivity index (χ1) is 15.0. The maximum Gasteiger partial charge on any atom is 0.201 e. The molecule has 2 N–H and O–H groups in total. The number of benzene rings is 1. The van der Waals surface area contributed by atoms with Gasteiger partial charge in [0.15, 0.2) is 5.88 Å². The predicted molar refractivity (Wildman–Crippen MR) is 133 cm³/mol. The summed E-state index contributed by atoms with van der Waals surface area (Å²) >= 11 is 0. The smallest absolute Gasteiger partial charge is 0.201 e. The van der Waals surface area contributed by atoms with Crippen molar-refractivity contribution in [1.29, 1.82) is 0 Å². The van der Waals surface area contributed by atoms with Crippen LogP contribution >= 0.6 is 0 Å². The molecule has 4 nitrogen and oxygen atoms in total. The Morgan fingerprint density at radius 1 is 0.969 bits per heavy atom. The summed E-state index contributed by atoms with van der Waals surface area (Å²) in [6.45, 7) is 12.6. The van der Waals surface area contributed by atoms with Gasteiger partial charge in [-0.15, -0.1) is 0 Å². The van der Waals surface area contributed by atoms with Crippen LogP contribution in [0.1, 0.15) is 97.6 Å². The van der Waals surface area contributed by atoms with Crippen molar-refractivity contribution in [2.24, 2.45) is 11.3 Å². The molecule has 0 spiro atoms. The number of unbranched alkanes of at least 4 members (excludes halogenated alkanes) is 2.